The second kappa shape index (κ2) is 11.6. The predicted octanol–water partition coefficient (Wildman–Crippen LogP) is 5.35. The number of halogens is 1. The van der Waals surface area contributed by atoms with Gasteiger partial charge in [0, 0.05) is 42.4 Å². The summed E-state index contributed by atoms with van der Waals surface area (Å²) >= 11 is 0. The molecule has 3 aromatic carbocycles. The van der Waals surface area contributed by atoms with Crippen LogP contribution < -0.4 is 5.73 Å². The van der Waals surface area contributed by atoms with Crippen molar-refractivity contribution in [1.82, 2.24) is 14.3 Å². The van der Waals surface area contributed by atoms with E-state index >= 15 is 0 Å². The summed E-state index contributed by atoms with van der Waals surface area (Å²) in [5, 5.41) is 9.81. The van der Waals surface area contributed by atoms with E-state index in [1.807, 2.05) is 24.3 Å². The van der Waals surface area contributed by atoms with E-state index < -0.39 is 21.7 Å². The van der Waals surface area contributed by atoms with Gasteiger partial charge in [0.1, 0.15) is 17.2 Å². The largest absolute Gasteiger partial charge is 0.455 e. The zero-order valence-corrected chi connectivity index (χ0v) is 24.3. The van der Waals surface area contributed by atoms with Gasteiger partial charge in [0.25, 0.3) is 5.91 Å². The number of hydrogen-bond donors (Lipinski definition) is 2. The number of nitrogens with zero attached hydrogens (tertiary/aromatic N) is 3. The third kappa shape index (κ3) is 5.70. The van der Waals surface area contributed by atoms with Gasteiger partial charge in [-0.05, 0) is 83.8 Å². The maximum absolute atomic E-state index is 13.7. The minimum atomic E-state index is -3.67. The van der Waals surface area contributed by atoms with Crippen LogP contribution >= 0.6 is 0 Å². The third-order valence-electron chi connectivity index (χ3n) is 7.23. The molecule has 0 saturated carbocycles. The molecule has 224 valence electrons. The van der Waals surface area contributed by atoms with Gasteiger partial charge in [-0.3, -0.25) is 4.79 Å². The molecule has 3 N–H and O–H groups in total. The fraction of sp³-hybridized carbons (Fsp3) is 0.156. The molecule has 0 unspecified atom stereocenters. The number of primary amides is 1. The van der Waals surface area contributed by atoms with Gasteiger partial charge < -0.3 is 19.7 Å². The van der Waals surface area contributed by atoms with Crippen molar-refractivity contribution >= 4 is 38.1 Å². The van der Waals surface area contributed by atoms with Crippen LogP contribution in [0.1, 0.15) is 22.3 Å². The van der Waals surface area contributed by atoms with Gasteiger partial charge in [0.05, 0.1) is 11.8 Å². The van der Waals surface area contributed by atoms with Crippen molar-refractivity contribution in [3.8, 4) is 33.9 Å². The fourth-order valence-electron chi connectivity index (χ4n) is 5.15. The lowest BCUT2D eigenvalue weighted by Crippen LogP contribution is -2.31. The molecule has 10 nitrogen and oxygen atoms in total. The number of fused-ring (bicyclic) bond motifs is 2. The molecule has 0 aliphatic rings. The molecular formula is C32H27FN4O6S. The first kappa shape index (κ1) is 29.2. The summed E-state index contributed by atoms with van der Waals surface area (Å²) in [7, 11) is -3.67. The van der Waals surface area contributed by atoms with Crippen molar-refractivity contribution in [2.24, 2.45) is 5.73 Å². The predicted molar refractivity (Wildman–Crippen MR) is 163 cm³/mol. The van der Waals surface area contributed by atoms with E-state index in [1.165, 1.54) is 28.6 Å². The lowest BCUT2D eigenvalue weighted by Gasteiger charge is -2.21. The van der Waals surface area contributed by atoms with Crippen LogP contribution in [0.2, 0.25) is 0 Å². The first-order valence-corrected chi connectivity index (χ1v) is 15.5. The summed E-state index contributed by atoms with van der Waals surface area (Å²) in [6, 6.07) is 19.7. The number of aromatic nitrogens is 2. The van der Waals surface area contributed by atoms with E-state index in [0.717, 1.165) is 6.26 Å². The maximum Gasteiger partial charge on any atom is 0.253 e. The number of oxazole rings is 1. The topological polar surface area (TPSA) is 153 Å². The van der Waals surface area contributed by atoms with Crippen LogP contribution in [0, 0.1) is 5.82 Å². The molecule has 0 aliphatic heterocycles. The minimum Gasteiger partial charge on any atom is -0.455 e. The van der Waals surface area contributed by atoms with Gasteiger partial charge in [-0.2, -0.15) is 9.29 Å². The second-order valence-electron chi connectivity index (χ2n) is 10.3. The molecule has 44 heavy (non-hydrogen) atoms. The maximum atomic E-state index is 13.7. The molecule has 12 heteroatoms. The molecular weight excluding hydrogens is 587 g/mol. The van der Waals surface area contributed by atoms with Gasteiger partial charge in [0.2, 0.25) is 15.9 Å². The number of carbonyl (C=O) groups is 1. The molecule has 6 aromatic rings. The summed E-state index contributed by atoms with van der Waals surface area (Å²) in [5.41, 5.74) is 10.2. The van der Waals surface area contributed by atoms with Gasteiger partial charge in [-0.1, -0.05) is 12.1 Å². The van der Waals surface area contributed by atoms with Gasteiger partial charge in [-0.25, -0.2) is 17.8 Å². The van der Waals surface area contributed by atoms with Gasteiger partial charge in [0.15, 0.2) is 11.2 Å². The Morgan fingerprint density at radius 1 is 0.977 bits per heavy atom. The minimum absolute atomic E-state index is 0.0420. The molecule has 0 fully saturated rings. The van der Waals surface area contributed by atoms with Crippen LogP contribution in [0.5, 0.6) is 0 Å². The molecule has 0 bridgehead atoms. The third-order valence-corrected chi connectivity index (χ3v) is 8.48. The standard InChI is InChI=1S/C32H27FN4O6S/c1-44(40,41)37(13-4-14-38)18-22-16-27-25(28(30(34)39)29(42-27)19-8-10-23(33)11-9-19)17-24(22)20-5-2-6-21(15-20)32-36-31-26(43-32)7-3-12-35-31/h2-3,5-12,15-17,38H,4,13-14,18H2,1H3,(H2,34,39). The number of amides is 1. The van der Waals surface area contributed by atoms with Crippen molar-refractivity contribution in [2.45, 2.75) is 13.0 Å². The van der Waals surface area contributed by atoms with Crippen molar-refractivity contribution in [2.75, 3.05) is 19.4 Å². The lowest BCUT2D eigenvalue weighted by atomic mass is 9.94. The monoisotopic (exact) mass is 614 g/mol. The van der Waals surface area contributed by atoms with Crippen molar-refractivity contribution in [3.05, 3.63) is 95.9 Å². The van der Waals surface area contributed by atoms with Crippen LogP contribution in [0.3, 0.4) is 0 Å². The van der Waals surface area contributed by atoms with Crippen LogP contribution in [-0.2, 0) is 16.6 Å². The summed E-state index contributed by atoms with van der Waals surface area (Å²) in [4.78, 5) is 21.5. The number of aliphatic hydroxyl groups excluding tert-OH is 1. The van der Waals surface area contributed by atoms with Crippen LogP contribution in [-0.4, -0.2) is 53.1 Å². The smallest absolute Gasteiger partial charge is 0.253 e. The number of benzene rings is 3. The van der Waals surface area contributed by atoms with Crippen molar-refractivity contribution in [3.63, 3.8) is 0 Å². The Kier molecular flexibility index (Phi) is 7.72. The number of carbonyl (C=O) groups excluding carboxylic acids is 1. The Balaban J connectivity index is 1.56. The molecule has 6 rings (SSSR count). The number of sulfonamides is 1. The summed E-state index contributed by atoms with van der Waals surface area (Å²) in [6.07, 6.45) is 2.97. The van der Waals surface area contributed by atoms with Crippen molar-refractivity contribution in [1.29, 1.82) is 0 Å². The molecule has 0 aliphatic carbocycles. The van der Waals surface area contributed by atoms with Crippen LogP contribution in [0.15, 0.2) is 87.8 Å². The van der Waals surface area contributed by atoms with Gasteiger partial charge in [-0.15, -0.1) is 0 Å². The molecule has 0 atom stereocenters. The number of pyridine rings is 1. The molecule has 0 saturated heterocycles. The Morgan fingerprint density at radius 2 is 1.75 bits per heavy atom. The lowest BCUT2D eigenvalue weighted by molar-refractivity contribution is 0.100. The molecule has 0 radical (unpaired) electrons. The normalized spacial score (nSPS) is 12.0. The van der Waals surface area contributed by atoms with E-state index in [4.69, 9.17) is 14.6 Å². The van der Waals surface area contributed by atoms with Crippen LogP contribution in [0.25, 0.3) is 56.1 Å². The van der Waals surface area contributed by atoms with E-state index in [1.54, 1.807) is 30.5 Å². The van der Waals surface area contributed by atoms with Gasteiger partial charge >= 0.3 is 0 Å². The average Bonchev–Trinajstić information content (AvgIpc) is 3.60. The van der Waals surface area contributed by atoms with Crippen LogP contribution in [0.4, 0.5) is 4.39 Å². The van der Waals surface area contributed by atoms with E-state index in [2.05, 4.69) is 9.97 Å². The van der Waals surface area contributed by atoms with E-state index in [0.29, 0.717) is 55.9 Å². The second-order valence-corrected chi connectivity index (χ2v) is 12.3. The Labute approximate surface area is 251 Å². The Morgan fingerprint density at radius 3 is 2.45 bits per heavy atom. The number of hydrogen-bond acceptors (Lipinski definition) is 8. The summed E-state index contributed by atoms with van der Waals surface area (Å²) in [5.74, 6) is -0.671. The summed E-state index contributed by atoms with van der Waals surface area (Å²) in [6.45, 7) is -0.131. The number of aliphatic hydroxyl groups is 1. The molecule has 0 spiro atoms. The molecule has 1 amide bonds. The summed E-state index contributed by atoms with van der Waals surface area (Å²) < 4.78 is 52.5. The molecule has 3 heterocycles. The fourth-order valence-corrected chi connectivity index (χ4v) is 5.98. The highest BCUT2D eigenvalue weighted by Gasteiger charge is 2.25. The van der Waals surface area contributed by atoms with E-state index in [9.17, 15) is 22.7 Å². The average molecular weight is 615 g/mol. The first-order valence-electron chi connectivity index (χ1n) is 13.7. The zero-order chi connectivity index (χ0) is 31.0. The molecule has 3 aromatic heterocycles. The van der Waals surface area contributed by atoms with Crippen molar-refractivity contribution < 1.29 is 31.5 Å². The highest BCUT2D eigenvalue weighted by molar-refractivity contribution is 7.88. The number of rotatable bonds is 10. The highest BCUT2D eigenvalue weighted by atomic mass is 32.2. The Hall–Kier alpha value is -4.91. The SMILES string of the molecule is CS(=O)(=O)N(CCCO)Cc1cc2oc(-c3ccc(F)cc3)c(C(N)=O)c2cc1-c1cccc(-c2nc3ncccc3o2)c1. The first-order chi connectivity index (χ1) is 21.1. The quantitative estimate of drug-likeness (QED) is 0.209. The number of nitrogens with two attached hydrogens (primary N) is 1. The highest BCUT2D eigenvalue weighted by Crippen LogP contribution is 2.39. The Bertz CT molecular complexity index is 2090. The van der Waals surface area contributed by atoms with E-state index in [-0.39, 0.29) is 37.4 Å². The zero-order valence-electron chi connectivity index (χ0n) is 23.5. The number of furan rings is 1.